The molecule has 0 saturated carbocycles. The number of carbonyl (C=O) groups excluding carboxylic acids is 1. The SMILES string of the molecule is Nc1ccccc1C(=O)NC1CCC(c2ccccc2)S1. The van der Waals surface area contributed by atoms with E-state index in [4.69, 9.17) is 5.73 Å². The quantitative estimate of drug-likeness (QED) is 0.851. The van der Waals surface area contributed by atoms with Crippen LogP contribution in [0.3, 0.4) is 0 Å². The maximum absolute atomic E-state index is 12.3. The molecule has 0 spiro atoms. The molecule has 0 aliphatic carbocycles. The van der Waals surface area contributed by atoms with Gasteiger partial charge in [0.2, 0.25) is 0 Å². The third-order valence-electron chi connectivity index (χ3n) is 3.69. The lowest BCUT2D eigenvalue weighted by molar-refractivity contribution is 0.0950. The smallest absolute Gasteiger partial charge is 0.254 e. The summed E-state index contributed by atoms with van der Waals surface area (Å²) in [6, 6.07) is 17.6. The summed E-state index contributed by atoms with van der Waals surface area (Å²) >= 11 is 1.82. The second-order valence-corrected chi connectivity index (χ2v) is 6.57. The van der Waals surface area contributed by atoms with Crippen molar-refractivity contribution >= 4 is 23.4 Å². The molecule has 2 unspecified atom stereocenters. The lowest BCUT2D eigenvalue weighted by atomic mass is 10.1. The third kappa shape index (κ3) is 3.22. The first-order valence-electron chi connectivity index (χ1n) is 7.10. The highest BCUT2D eigenvalue weighted by Gasteiger charge is 2.28. The van der Waals surface area contributed by atoms with E-state index < -0.39 is 0 Å². The summed E-state index contributed by atoms with van der Waals surface area (Å²) in [5.41, 5.74) is 8.26. The van der Waals surface area contributed by atoms with E-state index >= 15 is 0 Å². The Morgan fingerprint density at radius 2 is 1.76 bits per heavy atom. The number of nitrogens with one attached hydrogen (secondary N) is 1. The predicted octanol–water partition coefficient (Wildman–Crippen LogP) is 3.59. The van der Waals surface area contributed by atoms with Gasteiger partial charge in [-0.05, 0) is 30.5 Å². The molecular weight excluding hydrogens is 280 g/mol. The van der Waals surface area contributed by atoms with E-state index in [9.17, 15) is 4.79 Å². The number of nitrogen functional groups attached to an aromatic ring is 1. The van der Waals surface area contributed by atoms with Gasteiger partial charge in [-0.25, -0.2) is 0 Å². The van der Waals surface area contributed by atoms with Crippen molar-refractivity contribution in [1.82, 2.24) is 5.32 Å². The molecule has 1 aliphatic rings. The minimum atomic E-state index is -0.0840. The van der Waals surface area contributed by atoms with Gasteiger partial charge >= 0.3 is 0 Å². The zero-order valence-corrected chi connectivity index (χ0v) is 12.5. The molecule has 1 heterocycles. The average Bonchev–Trinajstić information content (AvgIpc) is 2.97. The fourth-order valence-corrected chi connectivity index (χ4v) is 4.01. The number of thioether (sulfide) groups is 1. The molecule has 2 aromatic rings. The van der Waals surface area contributed by atoms with Crippen LogP contribution < -0.4 is 11.1 Å². The van der Waals surface area contributed by atoms with Crippen molar-refractivity contribution in [2.75, 3.05) is 5.73 Å². The lowest BCUT2D eigenvalue weighted by Gasteiger charge is -2.14. The number of rotatable bonds is 3. The van der Waals surface area contributed by atoms with Gasteiger partial charge in [0.15, 0.2) is 0 Å². The number of benzene rings is 2. The Hall–Kier alpha value is -1.94. The Bertz CT molecular complexity index is 630. The summed E-state index contributed by atoms with van der Waals surface area (Å²) in [6.45, 7) is 0. The molecule has 1 saturated heterocycles. The maximum Gasteiger partial charge on any atom is 0.254 e. The van der Waals surface area contributed by atoms with E-state index in [-0.39, 0.29) is 11.3 Å². The van der Waals surface area contributed by atoms with E-state index in [1.807, 2.05) is 30.0 Å². The molecule has 1 amide bonds. The number of anilines is 1. The zero-order valence-electron chi connectivity index (χ0n) is 11.7. The lowest BCUT2D eigenvalue weighted by Crippen LogP contribution is -2.31. The van der Waals surface area contributed by atoms with E-state index in [1.54, 1.807) is 12.1 Å². The van der Waals surface area contributed by atoms with Gasteiger partial charge in [-0.3, -0.25) is 4.79 Å². The largest absolute Gasteiger partial charge is 0.398 e. The standard InChI is InChI=1S/C17H18N2OS/c18-14-9-5-4-8-13(14)17(20)19-16-11-10-15(21-16)12-6-2-1-3-7-12/h1-9,15-16H,10-11,18H2,(H,19,20). The van der Waals surface area contributed by atoms with Crippen molar-refractivity contribution in [3.8, 4) is 0 Å². The van der Waals surface area contributed by atoms with Gasteiger partial charge in [-0.1, -0.05) is 42.5 Å². The van der Waals surface area contributed by atoms with Gasteiger partial charge in [0.1, 0.15) is 0 Å². The third-order valence-corrected chi connectivity index (χ3v) is 5.21. The van der Waals surface area contributed by atoms with E-state index in [0.717, 1.165) is 12.8 Å². The van der Waals surface area contributed by atoms with Crippen LogP contribution in [0.1, 0.15) is 34.0 Å². The number of hydrogen-bond donors (Lipinski definition) is 2. The Morgan fingerprint density at radius 1 is 1.05 bits per heavy atom. The minimum absolute atomic E-state index is 0.0840. The van der Waals surface area contributed by atoms with Gasteiger partial charge in [-0.2, -0.15) is 0 Å². The second kappa shape index (κ2) is 6.22. The van der Waals surface area contributed by atoms with Gasteiger partial charge < -0.3 is 11.1 Å². The highest BCUT2D eigenvalue weighted by molar-refractivity contribution is 8.00. The van der Waals surface area contributed by atoms with E-state index in [2.05, 4.69) is 29.6 Å². The first kappa shape index (κ1) is 14.0. The topological polar surface area (TPSA) is 55.1 Å². The summed E-state index contributed by atoms with van der Waals surface area (Å²) in [6.07, 6.45) is 2.08. The van der Waals surface area contributed by atoms with E-state index in [0.29, 0.717) is 16.5 Å². The van der Waals surface area contributed by atoms with Gasteiger partial charge in [0, 0.05) is 10.9 Å². The molecule has 3 N–H and O–H groups in total. The van der Waals surface area contributed by atoms with E-state index in [1.165, 1.54) is 5.56 Å². The molecule has 3 rings (SSSR count). The molecule has 0 bridgehead atoms. The first-order chi connectivity index (χ1) is 10.2. The summed E-state index contributed by atoms with van der Waals surface area (Å²) < 4.78 is 0. The van der Waals surface area contributed by atoms with Crippen molar-refractivity contribution in [2.24, 2.45) is 0 Å². The van der Waals surface area contributed by atoms with Crippen LogP contribution in [-0.2, 0) is 0 Å². The second-order valence-electron chi connectivity index (χ2n) is 5.16. The average molecular weight is 298 g/mol. The van der Waals surface area contributed by atoms with Crippen LogP contribution in [0.25, 0.3) is 0 Å². The van der Waals surface area contributed by atoms with Crippen molar-refractivity contribution in [3.05, 3.63) is 65.7 Å². The van der Waals surface area contributed by atoms with Crippen molar-refractivity contribution < 1.29 is 4.79 Å². The van der Waals surface area contributed by atoms with Crippen molar-refractivity contribution in [3.63, 3.8) is 0 Å². The Balaban J connectivity index is 1.63. The van der Waals surface area contributed by atoms with Crippen LogP contribution in [0.4, 0.5) is 5.69 Å². The Labute approximate surface area is 128 Å². The summed E-state index contributed by atoms with van der Waals surface area (Å²) in [4.78, 5) is 12.3. The highest BCUT2D eigenvalue weighted by atomic mass is 32.2. The molecule has 3 nitrogen and oxygen atoms in total. The molecule has 108 valence electrons. The van der Waals surface area contributed by atoms with Gasteiger partial charge in [0.25, 0.3) is 5.91 Å². The van der Waals surface area contributed by atoms with Crippen LogP contribution in [0.2, 0.25) is 0 Å². The van der Waals surface area contributed by atoms with Gasteiger partial charge in [0.05, 0.1) is 10.9 Å². The zero-order chi connectivity index (χ0) is 14.7. The highest BCUT2D eigenvalue weighted by Crippen LogP contribution is 2.43. The number of para-hydroxylation sites is 1. The molecular formula is C17H18N2OS. The fourth-order valence-electron chi connectivity index (χ4n) is 2.58. The van der Waals surface area contributed by atoms with Crippen molar-refractivity contribution in [2.45, 2.75) is 23.5 Å². The minimum Gasteiger partial charge on any atom is -0.398 e. The number of nitrogens with two attached hydrogens (primary N) is 1. The summed E-state index contributed by atoms with van der Waals surface area (Å²) in [7, 11) is 0. The van der Waals surface area contributed by atoms with Crippen LogP contribution in [0, 0.1) is 0 Å². The molecule has 0 radical (unpaired) electrons. The van der Waals surface area contributed by atoms with Crippen LogP contribution in [0.5, 0.6) is 0 Å². The predicted molar refractivity (Wildman–Crippen MR) is 88.1 cm³/mol. The van der Waals surface area contributed by atoms with Crippen LogP contribution in [-0.4, -0.2) is 11.3 Å². The first-order valence-corrected chi connectivity index (χ1v) is 8.04. The Kier molecular flexibility index (Phi) is 4.15. The number of carbonyl (C=O) groups is 1. The normalized spacial score (nSPS) is 21.1. The molecule has 1 fully saturated rings. The molecule has 21 heavy (non-hydrogen) atoms. The molecule has 2 aromatic carbocycles. The van der Waals surface area contributed by atoms with Crippen LogP contribution in [0.15, 0.2) is 54.6 Å². The monoisotopic (exact) mass is 298 g/mol. The molecule has 2 atom stereocenters. The maximum atomic E-state index is 12.3. The molecule has 4 heteroatoms. The van der Waals surface area contributed by atoms with Crippen LogP contribution >= 0.6 is 11.8 Å². The summed E-state index contributed by atoms with van der Waals surface area (Å²) in [5.74, 6) is -0.0840. The number of hydrogen-bond acceptors (Lipinski definition) is 3. The summed E-state index contributed by atoms with van der Waals surface area (Å²) in [5, 5.41) is 3.70. The Morgan fingerprint density at radius 3 is 2.52 bits per heavy atom. The molecule has 1 aliphatic heterocycles. The number of amides is 1. The van der Waals surface area contributed by atoms with Crippen molar-refractivity contribution in [1.29, 1.82) is 0 Å². The fraction of sp³-hybridized carbons (Fsp3) is 0.235. The molecule has 0 aromatic heterocycles. The van der Waals surface area contributed by atoms with Gasteiger partial charge in [-0.15, -0.1) is 11.8 Å².